The van der Waals surface area contributed by atoms with E-state index in [0.29, 0.717) is 23.6 Å². The van der Waals surface area contributed by atoms with Gasteiger partial charge >= 0.3 is 0 Å². The molecule has 3 rings (SSSR count). The number of halogens is 2. The number of fused-ring (bicyclic) bond motifs is 1. The van der Waals surface area contributed by atoms with Gasteiger partial charge in [-0.2, -0.15) is 0 Å². The molecule has 1 amide bonds. The van der Waals surface area contributed by atoms with Crippen molar-refractivity contribution in [2.24, 2.45) is 0 Å². The quantitative estimate of drug-likeness (QED) is 0.534. The monoisotopic (exact) mass is 426 g/mol. The van der Waals surface area contributed by atoms with Crippen LogP contribution in [0.3, 0.4) is 0 Å². The molecule has 9 nitrogen and oxygen atoms in total. The lowest BCUT2D eigenvalue weighted by atomic mass is 10.1. The number of carbonyl (C=O) groups is 1. The Kier molecular flexibility index (Phi) is 5.82. The van der Waals surface area contributed by atoms with Gasteiger partial charge in [0, 0.05) is 13.6 Å². The standard InChI is InChI=1S/C17H20F2N6O3S/c1-3-6-29(27,28)25-11-5-4-10(18)14(12(11)19)24-17(26)9-7-21-15-13(9)22-8-23-16(15)20-2/h4-5,8-9,21,25H,3,6-7H2,1-2H3,(H,24,26)(H,20,22,23). The highest BCUT2D eigenvalue weighted by atomic mass is 32.2. The molecule has 29 heavy (non-hydrogen) atoms. The summed E-state index contributed by atoms with van der Waals surface area (Å²) in [6, 6.07) is 1.84. The highest BCUT2D eigenvalue weighted by Crippen LogP contribution is 2.35. The number of aromatic nitrogens is 2. The summed E-state index contributed by atoms with van der Waals surface area (Å²) in [4.78, 5) is 20.8. The minimum absolute atomic E-state index is 0.167. The minimum Gasteiger partial charge on any atom is -0.379 e. The molecule has 0 radical (unpaired) electrons. The summed E-state index contributed by atoms with van der Waals surface area (Å²) in [6.07, 6.45) is 1.61. The van der Waals surface area contributed by atoms with Crippen LogP contribution in [0.2, 0.25) is 0 Å². The van der Waals surface area contributed by atoms with Crippen molar-refractivity contribution in [3.63, 3.8) is 0 Å². The number of rotatable bonds is 7. The van der Waals surface area contributed by atoms with E-state index in [0.717, 1.165) is 12.1 Å². The molecule has 1 aliphatic heterocycles. The number of hydrogen-bond donors (Lipinski definition) is 4. The summed E-state index contributed by atoms with van der Waals surface area (Å²) >= 11 is 0. The largest absolute Gasteiger partial charge is 0.379 e. The van der Waals surface area contributed by atoms with E-state index in [1.807, 2.05) is 0 Å². The highest BCUT2D eigenvalue weighted by Gasteiger charge is 2.33. The molecule has 1 unspecified atom stereocenters. The molecule has 0 fully saturated rings. The molecular weight excluding hydrogens is 406 g/mol. The maximum absolute atomic E-state index is 14.7. The molecule has 1 aliphatic rings. The van der Waals surface area contributed by atoms with Crippen LogP contribution in [-0.4, -0.2) is 43.6 Å². The molecule has 0 saturated heterocycles. The first kappa shape index (κ1) is 20.7. The highest BCUT2D eigenvalue weighted by molar-refractivity contribution is 7.92. The number of nitrogens with zero attached hydrogens (tertiary/aromatic N) is 2. The normalized spacial score (nSPS) is 15.4. The van der Waals surface area contributed by atoms with Crippen molar-refractivity contribution in [2.45, 2.75) is 19.3 Å². The molecule has 1 aromatic heterocycles. The second kappa shape index (κ2) is 8.15. The second-order valence-corrected chi connectivity index (χ2v) is 8.20. The Labute approximate surface area is 166 Å². The first-order chi connectivity index (χ1) is 13.8. The number of sulfonamides is 1. The van der Waals surface area contributed by atoms with Crippen molar-refractivity contribution in [2.75, 3.05) is 40.0 Å². The third-order valence-electron chi connectivity index (χ3n) is 4.32. The van der Waals surface area contributed by atoms with Gasteiger partial charge in [0.05, 0.1) is 28.7 Å². The predicted octanol–water partition coefficient (Wildman–Crippen LogP) is 2.10. The number of anilines is 4. The number of carbonyl (C=O) groups excluding carboxylic acids is 1. The number of hydrogen-bond acceptors (Lipinski definition) is 7. The third-order valence-corrected chi connectivity index (χ3v) is 5.80. The first-order valence-electron chi connectivity index (χ1n) is 8.83. The lowest BCUT2D eigenvalue weighted by Crippen LogP contribution is -2.25. The van der Waals surface area contributed by atoms with Gasteiger partial charge in [-0.15, -0.1) is 0 Å². The van der Waals surface area contributed by atoms with E-state index in [2.05, 4.69) is 30.6 Å². The summed E-state index contributed by atoms with van der Waals surface area (Å²) in [5.74, 6) is -3.46. The summed E-state index contributed by atoms with van der Waals surface area (Å²) in [7, 11) is -2.13. The average Bonchev–Trinajstić information content (AvgIpc) is 3.11. The molecule has 2 aromatic rings. The van der Waals surface area contributed by atoms with E-state index in [1.165, 1.54) is 6.33 Å². The van der Waals surface area contributed by atoms with Gasteiger partial charge in [0.25, 0.3) is 0 Å². The molecule has 0 aliphatic carbocycles. The Bertz CT molecular complexity index is 1050. The van der Waals surface area contributed by atoms with E-state index < -0.39 is 44.9 Å². The third kappa shape index (κ3) is 4.21. The molecule has 156 valence electrons. The average molecular weight is 426 g/mol. The van der Waals surface area contributed by atoms with E-state index >= 15 is 0 Å². The van der Waals surface area contributed by atoms with Crippen molar-refractivity contribution in [3.8, 4) is 0 Å². The van der Waals surface area contributed by atoms with Crippen LogP contribution in [0.25, 0.3) is 0 Å². The molecule has 4 N–H and O–H groups in total. The van der Waals surface area contributed by atoms with Gasteiger partial charge in [0.1, 0.15) is 17.8 Å². The molecule has 0 spiro atoms. The van der Waals surface area contributed by atoms with E-state index in [9.17, 15) is 22.0 Å². The van der Waals surface area contributed by atoms with Crippen molar-refractivity contribution >= 4 is 38.8 Å². The summed E-state index contributed by atoms with van der Waals surface area (Å²) in [6.45, 7) is 1.82. The maximum atomic E-state index is 14.7. The maximum Gasteiger partial charge on any atom is 0.235 e. The van der Waals surface area contributed by atoms with Crippen molar-refractivity contribution < 1.29 is 22.0 Å². The first-order valence-corrected chi connectivity index (χ1v) is 10.5. The summed E-state index contributed by atoms with van der Waals surface area (Å²) in [5.41, 5.74) is -0.248. The Morgan fingerprint density at radius 1 is 1.31 bits per heavy atom. The van der Waals surface area contributed by atoms with Gasteiger partial charge in [0.2, 0.25) is 15.9 Å². The van der Waals surface area contributed by atoms with Gasteiger partial charge in [-0.05, 0) is 18.6 Å². The lowest BCUT2D eigenvalue weighted by Gasteiger charge is -2.15. The second-order valence-electron chi connectivity index (χ2n) is 6.36. The lowest BCUT2D eigenvalue weighted by molar-refractivity contribution is -0.117. The molecule has 12 heteroatoms. The van der Waals surface area contributed by atoms with Gasteiger partial charge in [-0.25, -0.2) is 27.2 Å². The Balaban J connectivity index is 1.86. The topological polar surface area (TPSA) is 125 Å². The minimum atomic E-state index is -3.79. The number of amides is 1. The van der Waals surface area contributed by atoms with Gasteiger partial charge in [-0.3, -0.25) is 9.52 Å². The Hall–Kier alpha value is -3.02. The van der Waals surface area contributed by atoms with Crippen LogP contribution in [0.5, 0.6) is 0 Å². The Morgan fingerprint density at radius 3 is 2.76 bits per heavy atom. The number of nitrogens with one attached hydrogen (secondary N) is 4. The summed E-state index contributed by atoms with van der Waals surface area (Å²) in [5, 5.41) is 8.07. The fourth-order valence-corrected chi connectivity index (χ4v) is 4.12. The zero-order valence-electron chi connectivity index (χ0n) is 15.7. The van der Waals surface area contributed by atoms with E-state index in [-0.39, 0.29) is 12.3 Å². The van der Waals surface area contributed by atoms with Crippen LogP contribution in [0.15, 0.2) is 18.5 Å². The van der Waals surface area contributed by atoms with Crippen LogP contribution in [0, 0.1) is 11.6 Å². The van der Waals surface area contributed by atoms with Crippen LogP contribution in [0.1, 0.15) is 25.0 Å². The van der Waals surface area contributed by atoms with Gasteiger partial charge < -0.3 is 16.0 Å². The van der Waals surface area contributed by atoms with E-state index in [1.54, 1.807) is 14.0 Å². The smallest absolute Gasteiger partial charge is 0.235 e. The number of benzene rings is 1. The van der Waals surface area contributed by atoms with Crippen LogP contribution in [-0.2, 0) is 14.8 Å². The fraction of sp³-hybridized carbons (Fsp3) is 0.353. The molecular formula is C17H20F2N6O3S. The zero-order valence-corrected chi connectivity index (χ0v) is 16.5. The predicted molar refractivity (Wildman–Crippen MR) is 105 cm³/mol. The van der Waals surface area contributed by atoms with Crippen molar-refractivity contribution in [1.29, 1.82) is 0 Å². The van der Waals surface area contributed by atoms with Crippen LogP contribution < -0.4 is 20.7 Å². The molecule has 2 heterocycles. The summed E-state index contributed by atoms with van der Waals surface area (Å²) < 4.78 is 54.8. The fourth-order valence-electron chi connectivity index (χ4n) is 2.99. The molecule has 0 bridgehead atoms. The SMILES string of the molecule is CCCS(=O)(=O)Nc1ccc(F)c(NC(=O)C2CNc3c(NC)ncnc32)c1F. The Morgan fingerprint density at radius 2 is 2.07 bits per heavy atom. The van der Waals surface area contributed by atoms with Gasteiger partial charge in [-0.1, -0.05) is 6.92 Å². The van der Waals surface area contributed by atoms with Crippen LogP contribution in [0.4, 0.5) is 31.7 Å². The van der Waals surface area contributed by atoms with Crippen LogP contribution >= 0.6 is 0 Å². The van der Waals surface area contributed by atoms with Crippen molar-refractivity contribution in [1.82, 2.24) is 9.97 Å². The molecule has 0 saturated carbocycles. The van der Waals surface area contributed by atoms with E-state index in [4.69, 9.17) is 0 Å². The molecule has 1 aromatic carbocycles. The van der Waals surface area contributed by atoms with Crippen molar-refractivity contribution in [3.05, 3.63) is 35.8 Å². The zero-order chi connectivity index (χ0) is 21.2. The van der Waals surface area contributed by atoms with Gasteiger partial charge in [0.15, 0.2) is 11.6 Å². The molecule has 1 atom stereocenters.